The topological polar surface area (TPSA) is 36.4 Å². The molecule has 0 aromatic heterocycles. The third kappa shape index (κ3) is 9.68. The first-order valence-electron chi connectivity index (χ1n) is 6.26. The fraction of sp³-hybridized carbons (Fsp3) is 0.615. The van der Waals surface area contributed by atoms with Crippen LogP contribution >= 0.6 is 27.5 Å². The van der Waals surface area contributed by atoms with Gasteiger partial charge in [0.15, 0.2) is 0 Å². The van der Waals surface area contributed by atoms with Crippen molar-refractivity contribution in [3.05, 3.63) is 22.5 Å². The van der Waals surface area contributed by atoms with Gasteiger partial charge < -0.3 is 10.6 Å². The van der Waals surface area contributed by atoms with Gasteiger partial charge in [-0.3, -0.25) is 0 Å². The van der Waals surface area contributed by atoms with Crippen molar-refractivity contribution in [2.24, 2.45) is 4.99 Å². The van der Waals surface area contributed by atoms with E-state index in [1.54, 1.807) is 13.1 Å². The Labute approximate surface area is 124 Å². The number of nitrogens with one attached hydrogen (secondary N) is 2. The summed E-state index contributed by atoms with van der Waals surface area (Å²) in [5.41, 5.74) is 1.08. The SMILES string of the molecule is CCC/C=C(NCCCNC)/C(Br)=C\N=C(/C)Cl. The van der Waals surface area contributed by atoms with Crippen LogP contribution in [0.3, 0.4) is 0 Å². The van der Waals surface area contributed by atoms with Gasteiger partial charge in [0.05, 0.1) is 4.48 Å². The molecule has 3 nitrogen and oxygen atoms in total. The number of hydrogen-bond acceptors (Lipinski definition) is 3. The summed E-state index contributed by atoms with van der Waals surface area (Å²) in [5.74, 6) is 0. The molecule has 0 unspecified atom stereocenters. The van der Waals surface area contributed by atoms with Crippen LogP contribution in [0, 0.1) is 0 Å². The molecule has 0 saturated carbocycles. The molecule has 0 heterocycles. The van der Waals surface area contributed by atoms with Crippen molar-refractivity contribution < 1.29 is 0 Å². The van der Waals surface area contributed by atoms with Crippen molar-refractivity contribution >= 4 is 32.7 Å². The number of unbranched alkanes of at least 4 members (excludes halogenated alkanes) is 1. The minimum absolute atomic E-state index is 0.525. The smallest absolute Gasteiger partial charge is 0.103 e. The van der Waals surface area contributed by atoms with Crippen LogP contribution < -0.4 is 10.6 Å². The molecule has 0 atom stereocenters. The predicted molar refractivity (Wildman–Crippen MR) is 85.5 cm³/mol. The summed E-state index contributed by atoms with van der Waals surface area (Å²) in [5, 5.41) is 7.06. The van der Waals surface area contributed by atoms with Crippen LogP contribution in [0.5, 0.6) is 0 Å². The van der Waals surface area contributed by atoms with Crippen molar-refractivity contribution in [1.29, 1.82) is 0 Å². The third-order valence-electron chi connectivity index (χ3n) is 2.17. The molecule has 0 amide bonds. The second-order valence-corrected chi connectivity index (χ2v) is 5.29. The number of nitrogens with zero attached hydrogens (tertiary/aromatic N) is 1. The van der Waals surface area contributed by atoms with Gasteiger partial charge in [0.2, 0.25) is 0 Å². The Bertz CT molecular complexity index is 307. The Balaban J connectivity index is 4.48. The molecule has 0 aliphatic heterocycles. The number of allylic oxidation sites excluding steroid dienone is 2. The van der Waals surface area contributed by atoms with Gasteiger partial charge in [-0.05, 0) is 49.3 Å². The van der Waals surface area contributed by atoms with Gasteiger partial charge in [-0.25, -0.2) is 4.99 Å². The minimum atomic E-state index is 0.525. The predicted octanol–water partition coefficient (Wildman–Crippen LogP) is 3.76. The fourth-order valence-electron chi connectivity index (χ4n) is 1.25. The van der Waals surface area contributed by atoms with E-state index in [1.807, 2.05) is 7.05 Å². The summed E-state index contributed by atoms with van der Waals surface area (Å²) in [6.45, 7) is 5.86. The fourth-order valence-corrected chi connectivity index (χ4v) is 1.70. The quantitative estimate of drug-likeness (QED) is 0.382. The molecule has 18 heavy (non-hydrogen) atoms. The molecule has 5 heteroatoms. The van der Waals surface area contributed by atoms with E-state index < -0.39 is 0 Å². The second kappa shape index (κ2) is 11.8. The van der Waals surface area contributed by atoms with E-state index >= 15 is 0 Å². The van der Waals surface area contributed by atoms with Crippen LogP contribution in [0.1, 0.15) is 33.1 Å². The van der Waals surface area contributed by atoms with Gasteiger partial charge in [-0.15, -0.1) is 0 Å². The van der Waals surface area contributed by atoms with E-state index in [0.29, 0.717) is 5.17 Å². The van der Waals surface area contributed by atoms with Crippen LogP contribution in [0.15, 0.2) is 27.4 Å². The Morgan fingerprint density at radius 3 is 2.67 bits per heavy atom. The summed E-state index contributed by atoms with van der Waals surface area (Å²) in [6.07, 6.45) is 7.16. The first-order chi connectivity index (χ1) is 8.61. The summed E-state index contributed by atoms with van der Waals surface area (Å²) in [4.78, 5) is 4.08. The minimum Gasteiger partial charge on any atom is -0.384 e. The van der Waals surface area contributed by atoms with Gasteiger partial charge in [0, 0.05) is 18.4 Å². The van der Waals surface area contributed by atoms with Crippen molar-refractivity contribution in [3.8, 4) is 0 Å². The highest BCUT2D eigenvalue weighted by molar-refractivity contribution is 9.12. The lowest BCUT2D eigenvalue weighted by molar-refractivity contribution is 0.679. The molecule has 0 rings (SSSR count). The molecule has 0 radical (unpaired) electrons. The van der Waals surface area contributed by atoms with E-state index in [2.05, 4.69) is 44.6 Å². The molecule has 104 valence electrons. The molecule has 0 aromatic carbocycles. The number of aliphatic imine (C=N–C) groups is 1. The molecule has 0 spiro atoms. The lowest BCUT2D eigenvalue weighted by Crippen LogP contribution is -2.19. The first-order valence-corrected chi connectivity index (χ1v) is 7.43. The van der Waals surface area contributed by atoms with E-state index in [4.69, 9.17) is 11.6 Å². The Hall–Kier alpha value is -0.320. The lowest BCUT2D eigenvalue weighted by Gasteiger charge is -2.10. The van der Waals surface area contributed by atoms with Crippen LogP contribution in [-0.2, 0) is 0 Å². The molecule has 2 N–H and O–H groups in total. The molecule has 0 fully saturated rings. The normalized spacial score (nSPS) is 13.9. The van der Waals surface area contributed by atoms with Crippen molar-refractivity contribution in [1.82, 2.24) is 10.6 Å². The molecule has 0 aliphatic carbocycles. The molecule has 0 bridgehead atoms. The van der Waals surface area contributed by atoms with Crippen molar-refractivity contribution in [2.75, 3.05) is 20.1 Å². The van der Waals surface area contributed by atoms with E-state index in [0.717, 1.165) is 42.5 Å². The first kappa shape index (κ1) is 17.7. The van der Waals surface area contributed by atoms with Crippen LogP contribution in [0.2, 0.25) is 0 Å². The van der Waals surface area contributed by atoms with Crippen LogP contribution in [0.4, 0.5) is 0 Å². The maximum absolute atomic E-state index is 5.71. The molecule has 0 aliphatic rings. The zero-order chi connectivity index (χ0) is 13.8. The largest absolute Gasteiger partial charge is 0.384 e. The van der Waals surface area contributed by atoms with Gasteiger partial charge in [0.1, 0.15) is 5.17 Å². The standard InChI is InChI=1S/C13H23BrClN3/c1-4-5-7-13(17-9-6-8-16-3)12(14)10-18-11(2)15/h7,10,16-17H,4-6,8-9H2,1-3H3/b12-10+,13-7-,18-11+. The monoisotopic (exact) mass is 335 g/mol. The lowest BCUT2D eigenvalue weighted by atomic mass is 10.2. The molecular formula is C13H23BrClN3. The summed E-state index contributed by atoms with van der Waals surface area (Å²) in [7, 11) is 1.96. The van der Waals surface area contributed by atoms with E-state index in [1.165, 1.54) is 0 Å². The van der Waals surface area contributed by atoms with Gasteiger partial charge >= 0.3 is 0 Å². The van der Waals surface area contributed by atoms with Gasteiger partial charge in [-0.1, -0.05) is 31.0 Å². The number of halogens is 2. The highest BCUT2D eigenvalue weighted by atomic mass is 79.9. The van der Waals surface area contributed by atoms with Gasteiger partial charge in [0.25, 0.3) is 0 Å². The van der Waals surface area contributed by atoms with Gasteiger partial charge in [-0.2, -0.15) is 0 Å². The number of hydrogen-bond donors (Lipinski definition) is 2. The molecular weight excluding hydrogens is 314 g/mol. The highest BCUT2D eigenvalue weighted by Crippen LogP contribution is 2.16. The summed E-state index contributed by atoms with van der Waals surface area (Å²) < 4.78 is 0.931. The Kier molecular flexibility index (Phi) is 11.5. The Morgan fingerprint density at radius 1 is 1.39 bits per heavy atom. The van der Waals surface area contributed by atoms with Crippen molar-refractivity contribution in [3.63, 3.8) is 0 Å². The second-order valence-electron chi connectivity index (χ2n) is 3.89. The Morgan fingerprint density at radius 2 is 2.11 bits per heavy atom. The maximum Gasteiger partial charge on any atom is 0.103 e. The average Bonchev–Trinajstić information content (AvgIpc) is 2.35. The number of rotatable bonds is 9. The average molecular weight is 337 g/mol. The molecule has 0 aromatic rings. The molecule has 0 saturated heterocycles. The maximum atomic E-state index is 5.71. The summed E-state index contributed by atoms with van der Waals surface area (Å²) in [6, 6.07) is 0. The highest BCUT2D eigenvalue weighted by Gasteiger charge is 2.00. The third-order valence-corrected chi connectivity index (χ3v) is 2.90. The van der Waals surface area contributed by atoms with Crippen LogP contribution in [-0.4, -0.2) is 25.3 Å². The summed E-state index contributed by atoms with van der Waals surface area (Å²) >= 11 is 9.23. The van der Waals surface area contributed by atoms with E-state index in [9.17, 15) is 0 Å². The van der Waals surface area contributed by atoms with E-state index in [-0.39, 0.29) is 0 Å². The zero-order valence-electron chi connectivity index (χ0n) is 11.4. The van der Waals surface area contributed by atoms with Crippen LogP contribution in [0.25, 0.3) is 0 Å². The van der Waals surface area contributed by atoms with Crippen molar-refractivity contribution in [2.45, 2.75) is 33.1 Å². The zero-order valence-corrected chi connectivity index (χ0v) is 13.7.